The maximum absolute atomic E-state index is 12.3. The van der Waals surface area contributed by atoms with Gasteiger partial charge in [-0.15, -0.1) is 0 Å². The zero-order valence-corrected chi connectivity index (χ0v) is 15.2. The molecule has 138 valence electrons. The van der Waals surface area contributed by atoms with Crippen LogP contribution >= 0.6 is 11.6 Å². The normalized spacial score (nSPS) is 10.5. The minimum Gasteiger partial charge on any atom is -0.493 e. The average molecular weight is 378 g/mol. The van der Waals surface area contributed by atoms with Crippen molar-refractivity contribution in [2.45, 2.75) is 26.4 Å². The third-order valence-corrected chi connectivity index (χ3v) is 3.42. The number of nitrogens with two attached hydrogens (primary N) is 1. The SMILES string of the molecule is CC(C)Oc1ncc(C(=O)Nc2ccc(OCCC(N)=O)cc2)cc1Cl. The Morgan fingerprint density at radius 1 is 1.27 bits per heavy atom. The lowest BCUT2D eigenvalue weighted by Gasteiger charge is -2.11. The van der Waals surface area contributed by atoms with Crippen molar-refractivity contribution >= 4 is 29.1 Å². The van der Waals surface area contributed by atoms with E-state index in [0.717, 1.165) is 0 Å². The molecule has 0 aliphatic carbocycles. The summed E-state index contributed by atoms with van der Waals surface area (Å²) in [7, 11) is 0. The van der Waals surface area contributed by atoms with Crippen LogP contribution in [0.15, 0.2) is 36.5 Å². The number of halogens is 1. The summed E-state index contributed by atoms with van der Waals surface area (Å²) in [4.78, 5) is 27.0. The molecular formula is C18H20ClN3O4. The Morgan fingerprint density at radius 2 is 1.96 bits per heavy atom. The Morgan fingerprint density at radius 3 is 2.54 bits per heavy atom. The van der Waals surface area contributed by atoms with Gasteiger partial charge < -0.3 is 20.5 Å². The van der Waals surface area contributed by atoms with E-state index in [0.29, 0.717) is 17.0 Å². The van der Waals surface area contributed by atoms with Crippen LogP contribution in [0.1, 0.15) is 30.6 Å². The van der Waals surface area contributed by atoms with Crippen molar-refractivity contribution in [1.29, 1.82) is 0 Å². The van der Waals surface area contributed by atoms with Gasteiger partial charge in [-0.05, 0) is 44.2 Å². The Kier molecular flexibility index (Phi) is 6.80. The third-order valence-electron chi connectivity index (χ3n) is 3.15. The second-order valence-corrected chi connectivity index (χ2v) is 6.13. The molecule has 0 spiro atoms. The van der Waals surface area contributed by atoms with Gasteiger partial charge in [-0.1, -0.05) is 11.6 Å². The summed E-state index contributed by atoms with van der Waals surface area (Å²) >= 11 is 6.10. The Labute approximate surface area is 156 Å². The highest BCUT2D eigenvalue weighted by Gasteiger charge is 2.12. The number of nitrogens with zero attached hydrogens (tertiary/aromatic N) is 1. The Balaban J connectivity index is 1.96. The molecule has 0 unspecified atom stereocenters. The van der Waals surface area contributed by atoms with Crippen LogP contribution in [-0.2, 0) is 4.79 Å². The first-order valence-electron chi connectivity index (χ1n) is 8.00. The van der Waals surface area contributed by atoms with E-state index in [-0.39, 0.29) is 35.9 Å². The van der Waals surface area contributed by atoms with Gasteiger partial charge in [0.1, 0.15) is 10.8 Å². The van der Waals surface area contributed by atoms with Gasteiger partial charge in [0.2, 0.25) is 11.8 Å². The fraction of sp³-hybridized carbons (Fsp3) is 0.278. The molecule has 2 aromatic rings. The van der Waals surface area contributed by atoms with Crippen molar-refractivity contribution < 1.29 is 19.1 Å². The summed E-state index contributed by atoms with van der Waals surface area (Å²) in [6.07, 6.45) is 1.48. The molecule has 0 aliphatic rings. The lowest BCUT2D eigenvalue weighted by atomic mass is 10.2. The van der Waals surface area contributed by atoms with Crippen molar-refractivity contribution in [2.24, 2.45) is 5.73 Å². The van der Waals surface area contributed by atoms with E-state index in [1.165, 1.54) is 12.3 Å². The van der Waals surface area contributed by atoms with Crippen LogP contribution < -0.4 is 20.5 Å². The predicted octanol–water partition coefficient (Wildman–Crippen LogP) is 3.03. The molecule has 3 N–H and O–H groups in total. The fourth-order valence-electron chi connectivity index (χ4n) is 1.97. The number of nitrogens with one attached hydrogen (secondary N) is 1. The average Bonchev–Trinajstić information content (AvgIpc) is 2.57. The molecule has 2 rings (SSSR count). The van der Waals surface area contributed by atoms with Gasteiger partial charge in [0.25, 0.3) is 5.91 Å². The number of carbonyl (C=O) groups is 2. The first-order valence-corrected chi connectivity index (χ1v) is 8.37. The largest absolute Gasteiger partial charge is 0.493 e. The number of hydrogen-bond donors (Lipinski definition) is 2. The van der Waals surface area contributed by atoms with Gasteiger partial charge in [0.05, 0.1) is 24.7 Å². The van der Waals surface area contributed by atoms with E-state index in [9.17, 15) is 9.59 Å². The van der Waals surface area contributed by atoms with Crippen molar-refractivity contribution in [2.75, 3.05) is 11.9 Å². The van der Waals surface area contributed by atoms with Gasteiger partial charge in [-0.3, -0.25) is 9.59 Å². The first-order chi connectivity index (χ1) is 12.3. The molecule has 2 amide bonds. The molecule has 1 aromatic carbocycles. The number of amides is 2. The molecule has 1 aromatic heterocycles. The van der Waals surface area contributed by atoms with Crippen LogP contribution in [0.5, 0.6) is 11.6 Å². The van der Waals surface area contributed by atoms with E-state index in [4.69, 9.17) is 26.8 Å². The van der Waals surface area contributed by atoms with Crippen molar-refractivity contribution in [1.82, 2.24) is 4.98 Å². The molecule has 0 aliphatic heterocycles. The summed E-state index contributed by atoms with van der Waals surface area (Å²) in [6, 6.07) is 8.23. The molecule has 7 nitrogen and oxygen atoms in total. The molecule has 0 bridgehead atoms. The van der Waals surface area contributed by atoms with E-state index in [1.54, 1.807) is 24.3 Å². The van der Waals surface area contributed by atoms with Crippen LogP contribution in [0, 0.1) is 0 Å². The van der Waals surface area contributed by atoms with Crippen LogP contribution in [0.3, 0.4) is 0 Å². The van der Waals surface area contributed by atoms with Crippen molar-refractivity contribution in [3.8, 4) is 11.6 Å². The minimum absolute atomic E-state index is 0.0663. The number of benzene rings is 1. The number of anilines is 1. The molecule has 0 saturated carbocycles. The number of pyridine rings is 1. The molecule has 1 heterocycles. The van der Waals surface area contributed by atoms with Gasteiger partial charge >= 0.3 is 0 Å². The number of carbonyl (C=O) groups excluding carboxylic acids is 2. The summed E-state index contributed by atoms with van der Waals surface area (Å²) in [5.41, 5.74) is 5.94. The quantitative estimate of drug-likeness (QED) is 0.735. The van der Waals surface area contributed by atoms with E-state index in [2.05, 4.69) is 10.3 Å². The third kappa shape index (κ3) is 5.93. The molecule has 0 fully saturated rings. The predicted molar refractivity (Wildman–Crippen MR) is 98.7 cm³/mol. The summed E-state index contributed by atoms with van der Waals surface area (Å²) in [6.45, 7) is 3.93. The first kappa shape index (κ1) is 19.5. The second kappa shape index (κ2) is 9.05. The number of primary amides is 1. The lowest BCUT2D eigenvalue weighted by molar-refractivity contribution is -0.118. The highest BCUT2D eigenvalue weighted by atomic mass is 35.5. The van der Waals surface area contributed by atoms with Gasteiger partial charge in [-0.25, -0.2) is 4.98 Å². The minimum atomic E-state index is -0.425. The zero-order chi connectivity index (χ0) is 19.1. The van der Waals surface area contributed by atoms with Crippen LogP contribution in [0.4, 0.5) is 5.69 Å². The van der Waals surface area contributed by atoms with Crippen LogP contribution in [0.25, 0.3) is 0 Å². The Bertz CT molecular complexity index is 779. The highest BCUT2D eigenvalue weighted by Crippen LogP contribution is 2.24. The van der Waals surface area contributed by atoms with Crippen LogP contribution in [0.2, 0.25) is 5.02 Å². The van der Waals surface area contributed by atoms with Crippen LogP contribution in [-0.4, -0.2) is 29.5 Å². The van der Waals surface area contributed by atoms with E-state index >= 15 is 0 Å². The molecule has 0 radical (unpaired) electrons. The van der Waals surface area contributed by atoms with Gasteiger partial charge in [0, 0.05) is 11.9 Å². The lowest BCUT2D eigenvalue weighted by Crippen LogP contribution is -2.14. The maximum Gasteiger partial charge on any atom is 0.257 e. The fourth-order valence-corrected chi connectivity index (χ4v) is 2.18. The number of ether oxygens (including phenoxy) is 2. The molecule has 0 atom stereocenters. The molecule has 0 saturated heterocycles. The monoisotopic (exact) mass is 377 g/mol. The Hall–Kier alpha value is -2.80. The topological polar surface area (TPSA) is 104 Å². The molecule has 8 heteroatoms. The van der Waals surface area contributed by atoms with Gasteiger partial charge in [0.15, 0.2) is 0 Å². The second-order valence-electron chi connectivity index (χ2n) is 5.72. The highest BCUT2D eigenvalue weighted by molar-refractivity contribution is 6.32. The van der Waals surface area contributed by atoms with E-state index in [1.807, 2.05) is 13.8 Å². The molecular weight excluding hydrogens is 358 g/mol. The molecule has 26 heavy (non-hydrogen) atoms. The number of hydrogen-bond acceptors (Lipinski definition) is 5. The summed E-state index contributed by atoms with van der Waals surface area (Å²) in [5.74, 6) is 0.0867. The number of rotatable bonds is 8. The smallest absolute Gasteiger partial charge is 0.257 e. The van der Waals surface area contributed by atoms with Crippen molar-refractivity contribution in [3.63, 3.8) is 0 Å². The zero-order valence-electron chi connectivity index (χ0n) is 14.5. The van der Waals surface area contributed by atoms with Crippen molar-refractivity contribution in [3.05, 3.63) is 47.1 Å². The van der Waals surface area contributed by atoms with Gasteiger partial charge in [-0.2, -0.15) is 0 Å². The number of aromatic nitrogens is 1. The van der Waals surface area contributed by atoms with E-state index < -0.39 is 5.91 Å². The summed E-state index contributed by atoms with van der Waals surface area (Å²) in [5, 5.41) is 3.01. The summed E-state index contributed by atoms with van der Waals surface area (Å²) < 4.78 is 10.8. The standard InChI is InChI=1S/C18H20ClN3O4/c1-11(2)26-18-15(19)9-12(10-21-18)17(24)22-13-3-5-14(6-4-13)25-8-7-16(20)23/h3-6,9-11H,7-8H2,1-2H3,(H2,20,23)(H,22,24). The maximum atomic E-state index is 12.3.